The van der Waals surface area contributed by atoms with Gasteiger partial charge in [-0.2, -0.15) is 5.10 Å². The van der Waals surface area contributed by atoms with Crippen LogP contribution in [-0.2, 0) is 6.54 Å². The monoisotopic (exact) mass is 327 g/mol. The first-order chi connectivity index (χ1) is 11.4. The van der Waals surface area contributed by atoms with Crippen LogP contribution in [0.4, 0.5) is 0 Å². The Hall–Kier alpha value is -2.30. The van der Waals surface area contributed by atoms with Gasteiger partial charge in [-0.1, -0.05) is 12.1 Å². The van der Waals surface area contributed by atoms with Crippen LogP contribution in [-0.4, -0.2) is 29.3 Å². The first kappa shape index (κ1) is 16.6. The van der Waals surface area contributed by atoms with E-state index in [0.717, 1.165) is 30.6 Å². The predicted molar refractivity (Wildman–Crippen MR) is 93.4 cm³/mol. The smallest absolute Gasteiger partial charge is 0.255 e. The molecule has 1 aliphatic rings. The molecule has 0 bridgehead atoms. The molecule has 0 aliphatic heterocycles. The molecule has 24 heavy (non-hydrogen) atoms. The van der Waals surface area contributed by atoms with Crippen molar-refractivity contribution in [2.24, 2.45) is 5.41 Å². The highest BCUT2D eigenvalue weighted by molar-refractivity contribution is 5.98. The average Bonchev–Trinajstić information content (AvgIpc) is 3.24. The van der Waals surface area contributed by atoms with Gasteiger partial charge in [0.2, 0.25) is 0 Å². The molecule has 1 N–H and O–H groups in total. The molecular weight excluding hydrogens is 302 g/mol. The molecule has 1 saturated carbocycles. The predicted octanol–water partition coefficient (Wildman–Crippen LogP) is 3.03. The zero-order valence-electron chi connectivity index (χ0n) is 14.8. The Bertz CT molecular complexity index is 760. The SMILES string of the molecule is COc1cccc(C)c1C(=O)NCC1(Cn2nc(C)cc2C)CC1. The molecule has 5 heteroatoms. The maximum atomic E-state index is 12.6. The van der Waals surface area contributed by atoms with E-state index in [1.807, 2.05) is 32.0 Å². The first-order valence-electron chi connectivity index (χ1n) is 8.37. The van der Waals surface area contributed by atoms with Crippen LogP contribution in [0.15, 0.2) is 24.3 Å². The Morgan fingerprint density at radius 2 is 2.08 bits per heavy atom. The minimum atomic E-state index is -0.0652. The third kappa shape index (κ3) is 3.30. The van der Waals surface area contributed by atoms with Crippen LogP contribution in [0.3, 0.4) is 0 Å². The van der Waals surface area contributed by atoms with Crippen molar-refractivity contribution in [1.82, 2.24) is 15.1 Å². The van der Waals surface area contributed by atoms with Gasteiger partial charge in [-0.15, -0.1) is 0 Å². The van der Waals surface area contributed by atoms with Gasteiger partial charge in [-0.25, -0.2) is 0 Å². The van der Waals surface area contributed by atoms with Gasteiger partial charge >= 0.3 is 0 Å². The molecule has 0 saturated heterocycles. The van der Waals surface area contributed by atoms with Crippen LogP contribution in [0.2, 0.25) is 0 Å². The third-order valence-electron chi connectivity index (χ3n) is 4.85. The number of nitrogens with one attached hydrogen (secondary N) is 1. The summed E-state index contributed by atoms with van der Waals surface area (Å²) in [5.41, 5.74) is 3.90. The summed E-state index contributed by atoms with van der Waals surface area (Å²) in [7, 11) is 1.59. The van der Waals surface area contributed by atoms with Crippen molar-refractivity contribution in [3.8, 4) is 5.75 Å². The summed E-state index contributed by atoms with van der Waals surface area (Å²) in [6.45, 7) is 7.54. The summed E-state index contributed by atoms with van der Waals surface area (Å²) in [5.74, 6) is 0.556. The average molecular weight is 327 g/mol. The molecule has 0 radical (unpaired) electrons. The largest absolute Gasteiger partial charge is 0.496 e. The Morgan fingerprint density at radius 1 is 1.33 bits per heavy atom. The number of carbonyl (C=O) groups excluding carboxylic acids is 1. The van der Waals surface area contributed by atoms with Crippen LogP contribution < -0.4 is 10.1 Å². The number of aryl methyl sites for hydroxylation is 3. The topological polar surface area (TPSA) is 56.1 Å². The molecule has 1 aromatic carbocycles. The van der Waals surface area contributed by atoms with Crippen LogP contribution in [0.25, 0.3) is 0 Å². The fourth-order valence-corrected chi connectivity index (χ4v) is 3.18. The van der Waals surface area contributed by atoms with Gasteiger partial charge in [-0.05, 0) is 51.3 Å². The van der Waals surface area contributed by atoms with Crippen molar-refractivity contribution in [2.75, 3.05) is 13.7 Å². The van der Waals surface area contributed by atoms with Gasteiger partial charge in [0.15, 0.2) is 0 Å². The van der Waals surface area contributed by atoms with Gasteiger partial charge in [0.1, 0.15) is 5.75 Å². The van der Waals surface area contributed by atoms with Gasteiger partial charge in [0.25, 0.3) is 5.91 Å². The lowest BCUT2D eigenvalue weighted by atomic mass is 10.0. The highest BCUT2D eigenvalue weighted by atomic mass is 16.5. The molecule has 2 aromatic rings. The van der Waals surface area contributed by atoms with Gasteiger partial charge in [0.05, 0.1) is 18.4 Å². The van der Waals surface area contributed by atoms with E-state index in [0.29, 0.717) is 17.9 Å². The molecule has 1 aliphatic carbocycles. The molecule has 128 valence electrons. The Kier molecular flexibility index (Phi) is 4.35. The van der Waals surface area contributed by atoms with Gasteiger partial charge in [-0.3, -0.25) is 9.48 Å². The van der Waals surface area contributed by atoms with Gasteiger partial charge < -0.3 is 10.1 Å². The Labute approximate surface area is 143 Å². The van der Waals surface area contributed by atoms with Crippen LogP contribution in [0.5, 0.6) is 5.75 Å². The maximum absolute atomic E-state index is 12.6. The van der Waals surface area contributed by atoms with E-state index in [4.69, 9.17) is 4.74 Å². The van der Waals surface area contributed by atoms with Crippen molar-refractivity contribution in [3.63, 3.8) is 0 Å². The molecule has 1 fully saturated rings. The number of hydrogen-bond acceptors (Lipinski definition) is 3. The number of hydrogen-bond donors (Lipinski definition) is 1. The van der Waals surface area contributed by atoms with E-state index < -0.39 is 0 Å². The lowest BCUT2D eigenvalue weighted by molar-refractivity contribution is 0.0938. The molecular formula is C19H25N3O2. The van der Waals surface area contributed by atoms with Crippen molar-refractivity contribution >= 4 is 5.91 Å². The van der Waals surface area contributed by atoms with Crippen LogP contribution in [0, 0.1) is 26.2 Å². The number of methoxy groups -OCH3 is 1. The fourth-order valence-electron chi connectivity index (χ4n) is 3.18. The van der Waals surface area contributed by atoms with E-state index in [1.54, 1.807) is 7.11 Å². The molecule has 5 nitrogen and oxygen atoms in total. The van der Waals surface area contributed by atoms with E-state index >= 15 is 0 Å². The van der Waals surface area contributed by atoms with Gasteiger partial charge in [0, 0.05) is 24.2 Å². The molecule has 0 unspecified atom stereocenters. The summed E-state index contributed by atoms with van der Waals surface area (Å²) >= 11 is 0. The minimum Gasteiger partial charge on any atom is -0.496 e. The lowest BCUT2D eigenvalue weighted by Crippen LogP contribution is -2.33. The number of amides is 1. The van der Waals surface area contributed by atoms with Crippen molar-refractivity contribution < 1.29 is 9.53 Å². The number of aromatic nitrogens is 2. The second-order valence-corrected chi connectivity index (χ2v) is 6.92. The van der Waals surface area contributed by atoms with Crippen LogP contribution >= 0.6 is 0 Å². The normalized spacial score (nSPS) is 15.2. The Morgan fingerprint density at radius 3 is 2.67 bits per heavy atom. The zero-order valence-corrected chi connectivity index (χ0v) is 14.8. The Balaban J connectivity index is 1.67. The van der Waals surface area contributed by atoms with Crippen molar-refractivity contribution in [1.29, 1.82) is 0 Å². The van der Waals surface area contributed by atoms with Crippen molar-refractivity contribution in [2.45, 2.75) is 40.2 Å². The first-order valence-corrected chi connectivity index (χ1v) is 8.37. The summed E-state index contributed by atoms with van der Waals surface area (Å²) in [4.78, 5) is 12.6. The molecule has 3 rings (SSSR count). The number of rotatable bonds is 6. The standard InChI is InChI=1S/C19H25N3O2/c1-13-6-5-7-16(24-4)17(13)18(23)20-11-19(8-9-19)12-22-15(3)10-14(2)21-22/h5-7,10H,8-9,11-12H2,1-4H3,(H,20,23). The third-order valence-corrected chi connectivity index (χ3v) is 4.85. The summed E-state index contributed by atoms with van der Waals surface area (Å²) in [6.07, 6.45) is 2.24. The highest BCUT2D eigenvalue weighted by Gasteiger charge is 2.43. The summed E-state index contributed by atoms with van der Waals surface area (Å²) in [6, 6.07) is 7.74. The number of carbonyl (C=O) groups is 1. The van der Waals surface area contributed by atoms with E-state index in [9.17, 15) is 4.79 Å². The molecule has 1 aromatic heterocycles. The quantitative estimate of drug-likeness (QED) is 0.887. The summed E-state index contributed by atoms with van der Waals surface area (Å²) in [5, 5.41) is 7.65. The molecule has 0 atom stereocenters. The number of nitrogens with zero attached hydrogens (tertiary/aromatic N) is 2. The van der Waals surface area contributed by atoms with Crippen LogP contribution in [0.1, 0.15) is 40.2 Å². The minimum absolute atomic E-state index is 0.0652. The fraction of sp³-hybridized carbons (Fsp3) is 0.474. The van der Waals surface area contributed by atoms with E-state index in [-0.39, 0.29) is 11.3 Å². The number of benzene rings is 1. The lowest BCUT2D eigenvalue weighted by Gasteiger charge is -2.18. The summed E-state index contributed by atoms with van der Waals surface area (Å²) < 4.78 is 7.39. The van der Waals surface area contributed by atoms with E-state index in [1.165, 1.54) is 5.69 Å². The number of ether oxygens (including phenoxy) is 1. The molecule has 1 amide bonds. The zero-order chi connectivity index (χ0) is 17.3. The second kappa shape index (κ2) is 6.30. The molecule has 1 heterocycles. The highest BCUT2D eigenvalue weighted by Crippen LogP contribution is 2.46. The molecule has 0 spiro atoms. The maximum Gasteiger partial charge on any atom is 0.255 e. The van der Waals surface area contributed by atoms with E-state index in [2.05, 4.69) is 28.1 Å². The van der Waals surface area contributed by atoms with Crippen molar-refractivity contribution in [3.05, 3.63) is 46.8 Å². The second-order valence-electron chi connectivity index (χ2n) is 6.92.